The summed E-state index contributed by atoms with van der Waals surface area (Å²) in [5, 5.41) is 13.6. The molecule has 1 heterocycles. The molecule has 1 rings (SSSR count). The van der Waals surface area contributed by atoms with E-state index in [1.165, 1.54) is 6.07 Å². The first kappa shape index (κ1) is 13.3. The Morgan fingerprint density at radius 3 is 2.65 bits per heavy atom. The van der Waals surface area contributed by atoms with E-state index in [9.17, 15) is 9.90 Å². The van der Waals surface area contributed by atoms with Gasteiger partial charge in [-0.25, -0.2) is 4.79 Å². The van der Waals surface area contributed by atoms with Crippen LogP contribution in [0.15, 0.2) is 20.4 Å². The van der Waals surface area contributed by atoms with Gasteiger partial charge in [0, 0.05) is 12.5 Å². The molecular formula is C12H17NO4. The molecule has 0 atom stereocenters. The number of hydrogen-bond donors (Lipinski definition) is 1. The molecule has 5 nitrogen and oxygen atoms in total. The highest BCUT2D eigenvalue weighted by Crippen LogP contribution is 2.17. The topological polar surface area (TPSA) is 72.0 Å². The molecule has 94 valence electrons. The van der Waals surface area contributed by atoms with Gasteiger partial charge in [-0.3, -0.25) is 0 Å². The van der Waals surface area contributed by atoms with Gasteiger partial charge >= 0.3 is 5.63 Å². The van der Waals surface area contributed by atoms with Crippen LogP contribution in [0.2, 0.25) is 0 Å². The van der Waals surface area contributed by atoms with Crippen molar-refractivity contribution in [2.24, 2.45) is 5.16 Å². The third kappa shape index (κ3) is 3.09. The Morgan fingerprint density at radius 1 is 1.47 bits per heavy atom. The van der Waals surface area contributed by atoms with E-state index in [1.54, 1.807) is 6.92 Å². The van der Waals surface area contributed by atoms with Crippen molar-refractivity contribution in [3.8, 4) is 5.75 Å². The van der Waals surface area contributed by atoms with Gasteiger partial charge in [0.25, 0.3) is 0 Å². The van der Waals surface area contributed by atoms with E-state index in [4.69, 9.17) is 9.25 Å². The lowest BCUT2D eigenvalue weighted by Gasteiger charge is -2.06. The Labute approximate surface area is 99.7 Å². The van der Waals surface area contributed by atoms with Gasteiger partial charge < -0.3 is 14.4 Å². The lowest BCUT2D eigenvalue weighted by molar-refractivity contribution is 0.158. The van der Waals surface area contributed by atoms with Crippen LogP contribution in [0.5, 0.6) is 5.75 Å². The first-order valence-corrected chi connectivity index (χ1v) is 5.69. The molecule has 1 N–H and O–H groups in total. The zero-order valence-corrected chi connectivity index (χ0v) is 10.3. The van der Waals surface area contributed by atoms with Gasteiger partial charge in [0.2, 0.25) is 0 Å². The molecule has 0 unspecified atom stereocenters. The standard InChI is InChI=1S/C12H17NO4/c1-4-8-7-10(14)11(12(15)17-8)9(5-2)13-16-6-3/h7,14H,4-6H2,1-3H3/b13-9+. The van der Waals surface area contributed by atoms with Crippen LogP contribution in [0.3, 0.4) is 0 Å². The van der Waals surface area contributed by atoms with Crippen LogP contribution in [0.4, 0.5) is 0 Å². The molecule has 1 aromatic heterocycles. The van der Waals surface area contributed by atoms with Crippen molar-refractivity contribution < 1.29 is 14.4 Å². The monoisotopic (exact) mass is 239 g/mol. The largest absolute Gasteiger partial charge is 0.507 e. The Kier molecular flexibility index (Phi) is 4.75. The summed E-state index contributed by atoms with van der Waals surface area (Å²) in [6.07, 6.45) is 1.02. The SMILES string of the molecule is CCO/N=C(\CC)c1c(O)cc(CC)oc1=O. The number of nitrogens with zero attached hydrogens (tertiary/aromatic N) is 1. The summed E-state index contributed by atoms with van der Waals surface area (Å²) in [7, 11) is 0. The fourth-order valence-corrected chi connectivity index (χ4v) is 1.40. The molecule has 0 spiro atoms. The van der Waals surface area contributed by atoms with E-state index in [-0.39, 0.29) is 11.3 Å². The molecule has 0 aliphatic heterocycles. The predicted molar refractivity (Wildman–Crippen MR) is 64.5 cm³/mol. The van der Waals surface area contributed by atoms with Gasteiger partial charge in [-0.05, 0) is 13.3 Å². The van der Waals surface area contributed by atoms with E-state index in [0.29, 0.717) is 30.9 Å². The predicted octanol–water partition coefficient (Wildman–Crippen LogP) is 2.06. The van der Waals surface area contributed by atoms with Crippen molar-refractivity contribution in [2.45, 2.75) is 33.6 Å². The summed E-state index contributed by atoms with van der Waals surface area (Å²) in [6, 6.07) is 1.44. The summed E-state index contributed by atoms with van der Waals surface area (Å²) in [5.41, 5.74) is -0.110. The van der Waals surface area contributed by atoms with E-state index < -0.39 is 5.63 Å². The second-order valence-corrected chi connectivity index (χ2v) is 3.42. The number of rotatable bonds is 5. The average molecular weight is 239 g/mol. The maximum Gasteiger partial charge on any atom is 0.349 e. The van der Waals surface area contributed by atoms with E-state index in [0.717, 1.165) is 0 Å². The van der Waals surface area contributed by atoms with Crippen LogP contribution >= 0.6 is 0 Å². The molecule has 0 saturated carbocycles. The minimum atomic E-state index is -0.581. The molecule has 5 heteroatoms. The summed E-state index contributed by atoms with van der Waals surface area (Å²) in [5.74, 6) is 0.335. The first-order chi connectivity index (χ1) is 8.13. The molecule has 0 aliphatic rings. The second-order valence-electron chi connectivity index (χ2n) is 3.42. The van der Waals surface area contributed by atoms with Crippen LogP contribution in [-0.2, 0) is 11.3 Å². The summed E-state index contributed by atoms with van der Waals surface area (Å²) in [4.78, 5) is 16.6. The van der Waals surface area contributed by atoms with Crippen molar-refractivity contribution in [3.05, 3.63) is 27.8 Å². The highest BCUT2D eigenvalue weighted by Gasteiger charge is 2.16. The molecule has 0 aliphatic carbocycles. The highest BCUT2D eigenvalue weighted by atomic mass is 16.6. The maximum absolute atomic E-state index is 11.7. The Morgan fingerprint density at radius 2 is 2.18 bits per heavy atom. The summed E-state index contributed by atoms with van der Waals surface area (Å²) in [6.45, 7) is 5.86. The lowest BCUT2D eigenvalue weighted by atomic mass is 10.1. The van der Waals surface area contributed by atoms with E-state index in [1.807, 2.05) is 13.8 Å². The number of aromatic hydroxyl groups is 1. The van der Waals surface area contributed by atoms with Crippen LogP contribution in [0, 0.1) is 0 Å². The molecule has 0 amide bonds. The molecule has 0 bridgehead atoms. The van der Waals surface area contributed by atoms with Crippen molar-refractivity contribution >= 4 is 5.71 Å². The molecule has 0 saturated heterocycles. The Balaban J connectivity index is 3.25. The van der Waals surface area contributed by atoms with Gasteiger partial charge in [-0.2, -0.15) is 0 Å². The van der Waals surface area contributed by atoms with E-state index >= 15 is 0 Å². The summed E-state index contributed by atoms with van der Waals surface area (Å²) >= 11 is 0. The molecule has 1 aromatic rings. The normalized spacial score (nSPS) is 11.6. The van der Waals surface area contributed by atoms with Crippen LogP contribution in [-0.4, -0.2) is 17.4 Å². The molecule has 17 heavy (non-hydrogen) atoms. The van der Waals surface area contributed by atoms with Crippen LogP contribution in [0.1, 0.15) is 38.5 Å². The highest BCUT2D eigenvalue weighted by molar-refractivity contribution is 6.01. The fraction of sp³-hybridized carbons (Fsp3) is 0.500. The number of hydrogen-bond acceptors (Lipinski definition) is 5. The first-order valence-electron chi connectivity index (χ1n) is 5.69. The molecule has 0 aromatic carbocycles. The fourth-order valence-electron chi connectivity index (χ4n) is 1.40. The quantitative estimate of drug-likeness (QED) is 0.630. The molecular weight excluding hydrogens is 222 g/mol. The number of oxime groups is 1. The number of aryl methyl sites for hydroxylation is 1. The van der Waals surface area contributed by atoms with Crippen LogP contribution in [0.25, 0.3) is 0 Å². The molecule has 0 fully saturated rings. The van der Waals surface area contributed by atoms with Crippen molar-refractivity contribution in [3.63, 3.8) is 0 Å². The van der Waals surface area contributed by atoms with Crippen molar-refractivity contribution in [1.29, 1.82) is 0 Å². The average Bonchev–Trinajstić information content (AvgIpc) is 2.32. The second kappa shape index (κ2) is 6.08. The molecule has 0 radical (unpaired) electrons. The third-order valence-electron chi connectivity index (χ3n) is 2.26. The minimum Gasteiger partial charge on any atom is -0.507 e. The van der Waals surface area contributed by atoms with Crippen molar-refractivity contribution in [2.75, 3.05) is 6.61 Å². The maximum atomic E-state index is 11.7. The minimum absolute atomic E-state index is 0.0816. The van der Waals surface area contributed by atoms with Gasteiger partial charge in [-0.1, -0.05) is 19.0 Å². The van der Waals surface area contributed by atoms with Gasteiger partial charge in [0.15, 0.2) is 0 Å². The lowest BCUT2D eigenvalue weighted by Crippen LogP contribution is -2.15. The Hall–Kier alpha value is -1.78. The smallest absolute Gasteiger partial charge is 0.349 e. The van der Waals surface area contributed by atoms with Crippen molar-refractivity contribution in [1.82, 2.24) is 0 Å². The van der Waals surface area contributed by atoms with E-state index in [2.05, 4.69) is 5.16 Å². The van der Waals surface area contributed by atoms with Crippen LogP contribution < -0.4 is 5.63 Å². The summed E-state index contributed by atoms with van der Waals surface area (Å²) < 4.78 is 5.05. The van der Waals surface area contributed by atoms with Gasteiger partial charge in [0.1, 0.15) is 23.7 Å². The Bertz CT molecular complexity index is 462. The zero-order valence-electron chi connectivity index (χ0n) is 10.3. The zero-order chi connectivity index (χ0) is 12.8. The van der Waals surface area contributed by atoms with Gasteiger partial charge in [0.05, 0.1) is 5.71 Å². The third-order valence-corrected chi connectivity index (χ3v) is 2.26. The van der Waals surface area contributed by atoms with Gasteiger partial charge in [-0.15, -0.1) is 0 Å².